The van der Waals surface area contributed by atoms with Gasteiger partial charge >= 0.3 is 0 Å². The van der Waals surface area contributed by atoms with Crippen LogP contribution in [0.2, 0.25) is 0 Å². The Morgan fingerprint density at radius 2 is 2.13 bits per heavy atom. The first-order chi connectivity index (χ1) is 14.8. The minimum atomic E-state index is -1.51. The summed E-state index contributed by atoms with van der Waals surface area (Å²) in [5, 5.41) is 5.44. The van der Waals surface area contributed by atoms with Crippen LogP contribution in [0.25, 0.3) is 5.70 Å². The van der Waals surface area contributed by atoms with Gasteiger partial charge in [0, 0.05) is 17.8 Å². The molecule has 1 aliphatic carbocycles. The van der Waals surface area contributed by atoms with E-state index in [1.807, 2.05) is 0 Å². The molecule has 4 rings (SSSR count). The van der Waals surface area contributed by atoms with Crippen LogP contribution in [0.5, 0.6) is 0 Å². The fourth-order valence-corrected chi connectivity index (χ4v) is 3.30. The summed E-state index contributed by atoms with van der Waals surface area (Å²) in [6.07, 6.45) is 4.65. The van der Waals surface area contributed by atoms with E-state index >= 15 is 0 Å². The zero-order valence-corrected chi connectivity index (χ0v) is 16.9. The number of rotatable bonds is 6. The van der Waals surface area contributed by atoms with Crippen molar-refractivity contribution in [2.45, 2.75) is 37.8 Å². The summed E-state index contributed by atoms with van der Waals surface area (Å²) in [5.74, 6) is -1.06. The number of amides is 2. The monoisotopic (exact) mass is 423 g/mol. The zero-order valence-electron chi connectivity index (χ0n) is 16.9. The molecule has 2 heterocycles. The average molecular weight is 423 g/mol. The Labute approximate surface area is 177 Å². The average Bonchev–Trinajstić information content (AvgIpc) is 3.50. The third kappa shape index (κ3) is 3.83. The first-order valence-electron chi connectivity index (χ1n) is 9.80. The molecule has 0 spiro atoms. The number of allylic oxidation sites excluding steroid dienone is 1. The zero-order chi connectivity index (χ0) is 22.2. The number of fused-ring (bicyclic) bond motifs is 1. The quantitative estimate of drug-likeness (QED) is 0.406. The number of halogens is 1. The summed E-state index contributed by atoms with van der Waals surface area (Å²) < 4.78 is 13.6. The predicted octanol–water partition coefficient (Wildman–Crippen LogP) is 1.26. The second kappa shape index (κ2) is 7.78. The first kappa shape index (κ1) is 20.5. The van der Waals surface area contributed by atoms with Crippen molar-refractivity contribution in [2.24, 2.45) is 10.7 Å². The van der Waals surface area contributed by atoms with Crippen molar-refractivity contribution < 1.29 is 14.0 Å². The number of carbonyl (C=O) groups is 2. The number of hydrogen-bond acceptors (Lipinski definition) is 7. The van der Waals surface area contributed by atoms with Gasteiger partial charge in [-0.05, 0) is 31.9 Å². The summed E-state index contributed by atoms with van der Waals surface area (Å²) in [5.41, 5.74) is 11.5. The Balaban J connectivity index is 1.55. The molecule has 2 amide bonds. The van der Waals surface area contributed by atoms with Gasteiger partial charge in [0.25, 0.3) is 0 Å². The van der Waals surface area contributed by atoms with Crippen LogP contribution in [-0.4, -0.2) is 34.0 Å². The van der Waals surface area contributed by atoms with Crippen molar-refractivity contribution in [3.63, 3.8) is 0 Å². The van der Waals surface area contributed by atoms with Gasteiger partial charge in [-0.1, -0.05) is 18.2 Å². The van der Waals surface area contributed by atoms with E-state index < -0.39 is 17.2 Å². The molecule has 31 heavy (non-hydrogen) atoms. The number of nitrogens with one attached hydrogen (secondary N) is 2. The summed E-state index contributed by atoms with van der Waals surface area (Å²) >= 11 is 0. The molecule has 1 aromatic carbocycles. The highest BCUT2D eigenvalue weighted by atomic mass is 19.1. The molecule has 1 fully saturated rings. The molecule has 2 aromatic rings. The van der Waals surface area contributed by atoms with Crippen molar-refractivity contribution in [3.8, 4) is 0 Å². The molecular formula is C21H22FN7O2. The fraction of sp³-hybridized carbons (Fsp3) is 0.286. The number of nitrogens with two attached hydrogens (primary N) is 2. The van der Waals surface area contributed by atoms with E-state index in [0.717, 1.165) is 12.8 Å². The molecule has 0 saturated heterocycles. The maximum absolute atomic E-state index is 13.6. The van der Waals surface area contributed by atoms with Gasteiger partial charge in [0.15, 0.2) is 11.2 Å². The van der Waals surface area contributed by atoms with Gasteiger partial charge in [-0.2, -0.15) is 0 Å². The number of aromatic nitrogens is 2. The number of carbonyl (C=O) groups excluding carboxylic acids is 2. The summed E-state index contributed by atoms with van der Waals surface area (Å²) in [4.78, 5) is 37.9. The van der Waals surface area contributed by atoms with Crippen molar-refractivity contribution in [1.82, 2.24) is 15.3 Å². The molecule has 6 N–H and O–H groups in total. The van der Waals surface area contributed by atoms with Crippen LogP contribution in [0.15, 0.2) is 35.3 Å². The van der Waals surface area contributed by atoms with E-state index in [0.29, 0.717) is 5.56 Å². The normalized spacial score (nSPS) is 20.6. The van der Waals surface area contributed by atoms with Gasteiger partial charge in [-0.15, -0.1) is 0 Å². The second-order valence-corrected chi connectivity index (χ2v) is 7.69. The molecule has 10 heteroatoms. The van der Waals surface area contributed by atoms with Crippen LogP contribution in [-0.2, 0) is 21.5 Å². The molecule has 9 nitrogen and oxygen atoms in total. The van der Waals surface area contributed by atoms with Crippen molar-refractivity contribution in [1.29, 1.82) is 0 Å². The summed E-state index contributed by atoms with van der Waals surface area (Å²) in [7, 11) is 0. The predicted molar refractivity (Wildman–Crippen MR) is 114 cm³/mol. The highest BCUT2D eigenvalue weighted by Crippen LogP contribution is 2.40. The largest absolute Gasteiger partial charge is 0.396 e. The number of benzene rings is 1. The third-order valence-corrected chi connectivity index (χ3v) is 5.33. The Morgan fingerprint density at radius 1 is 1.39 bits per heavy atom. The van der Waals surface area contributed by atoms with Crippen molar-refractivity contribution >= 4 is 35.4 Å². The highest BCUT2D eigenvalue weighted by Gasteiger charge is 2.52. The van der Waals surface area contributed by atoms with Gasteiger partial charge in [0.05, 0.1) is 17.8 Å². The lowest BCUT2D eigenvalue weighted by molar-refractivity contribution is -0.133. The molecule has 0 bridgehead atoms. The Hall–Kier alpha value is -3.82. The number of hydrogen-bond donors (Lipinski definition) is 4. The maximum Gasteiger partial charge on any atom is 0.245 e. The van der Waals surface area contributed by atoms with E-state index in [2.05, 4.69) is 25.6 Å². The van der Waals surface area contributed by atoms with Crippen molar-refractivity contribution in [3.05, 3.63) is 53.1 Å². The van der Waals surface area contributed by atoms with Gasteiger partial charge < -0.3 is 22.1 Å². The smallest absolute Gasteiger partial charge is 0.245 e. The Bertz CT molecular complexity index is 1130. The summed E-state index contributed by atoms with van der Waals surface area (Å²) in [6, 6.07) is 6.43. The molecule has 0 radical (unpaired) electrons. The summed E-state index contributed by atoms with van der Waals surface area (Å²) in [6.45, 7) is 1.65. The van der Waals surface area contributed by atoms with Gasteiger partial charge in [-0.3, -0.25) is 14.6 Å². The fourth-order valence-electron chi connectivity index (χ4n) is 3.30. The first-order valence-corrected chi connectivity index (χ1v) is 9.80. The topological polar surface area (TPSA) is 148 Å². The van der Waals surface area contributed by atoms with Crippen LogP contribution >= 0.6 is 0 Å². The molecule has 160 valence electrons. The van der Waals surface area contributed by atoms with Crippen molar-refractivity contribution in [2.75, 3.05) is 11.1 Å². The van der Waals surface area contributed by atoms with E-state index in [1.54, 1.807) is 18.2 Å². The van der Waals surface area contributed by atoms with Crippen LogP contribution in [0.3, 0.4) is 0 Å². The molecule has 1 saturated carbocycles. The molecule has 1 aromatic heterocycles. The Morgan fingerprint density at radius 3 is 2.84 bits per heavy atom. The van der Waals surface area contributed by atoms with Gasteiger partial charge in [-0.25, -0.2) is 14.4 Å². The number of nitrogens with zero attached hydrogens (tertiary/aromatic N) is 3. The molecule has 2 aliphatic rings. The SMILES string of the molecule is CC1(C(=O)NC2CC2)C(=O)Nc2nc(C(N)=CC=NCc3ccccc3F)nc(N)c21. The lowest BCUT2D eigenvalue weighted by Gasteiger charge is -2.21. The second-order valence-electron chi connectivity index (χ2n) is 7.69. The molecular weight excluding hydrogens is 401 g/mol. The number of aliphatic imine (C=N–C) groups is 1. The lowest BCUT2D eigenvalue weighted by Crippen LogP contribution is -2.48. The van der Waals surface area contributed by atoms with Crippen LogP contribution in [0.4, 0.5) is 16.0 Å². The van der Waals surface area contributed by atoms with E-state index in [9.17, 15) is 14.0 Å². The Kier molecular flexibility index (Phi) is 5.14. The van der Waals surface area contributed by atoms with Crippen LogP contribution in [0.1, 0.15) is 36.7 Å². The molecule has 1 atom stereocenters. The number of anilines is 2. The van der Waals surface area contributed by atoms with Gasteiger partial charge in [0.2, 0.25) is 11.8 Å². The minimum absolute atomic E-state index is 0.00792. The molecule has 1 unspecified atom stereocenters. The van der Waals surface area contributed by atoms with Crippen LogP contribution in [0, 0.1) is 5.82 Å². The van der Waals surface area contributed by atoms with E-state index in [1.165, 1.54) is 25.3 Å². The molecule has 1 aliphatic heterocycles. The maximum atomic E-state index is 13.6. The third-order valence-electron chi connectivity index (χ3n) is 5.33. The minimum Gasteiger partial charge on any atom is -0.396 e. The van der Waals surface area contributed by atoms with E-state index in [-0.39, 0.29) is 47.1 Å². The van der Waals surface area contributed by atoms with E-state index in [4.69, 9.17) is 11.5 Å². The lowest BCUT2D eigenvalue weighted by atomic mass is 9.83. The van der Waals surface area contributed by atoms with Crippen LogP contribution < -0.4 is 22.1 Å². The standard InChI is InChI=1S/C21H22FN7O2/c1-21(19(30)26-12-6-7-12)15-16(24)27-17(28-18(15)29-20(21)31)14(23)8-9-25-10-11-4-2-3-5-13(11)22/h2-5,8-9,12H,6-7,10,23H2,1H3,(H,26,30)(H3,24,27,28,29,31). The highest BCUT2D eigenvalue weighted by molar-refractivity contribution is 6.20. The number of nitrogen functional groups attached to an aromatic ring is 1. The van der Waals surface area contributed by atoms with Gasteiger partial charge in [0.1, 0.15) is 17.5 Å².